The van der Waals surface area contributed by atoms with Gasteiger partial charge in [0, 0.05) is 32.1 Å². The van der Waals surface area contributed by atoms with Gasteiger partial charge < -0.3 is 20.3 Å². The summed E-state index contributed by atoms with van der Waals surface area (Å²) in [5.41, 5.74) is 0.477. The van der Waals surface area contributed by atoms with Crippen molar-refractivity contribution in [1.29, 1.82) is 0 Å². The van der Waals surface area contributed by atoms with Gasteiger partial charge in [0.2, 0.25) is 11.8 Å². The maximum absolute atomic E-state index is 12.7. The van der Waals surface area contributed by atoms with Gasteiger partial charge in [-0.2, -0.15) is 0 Å². The maximum atomic E-state index is 12.7. The molecule has 1 fully saturated rings. The van der Waals surface area contributed by atoms with Crippen LogP contribution in [0.5, 0.6) is 5.75 Å². The summed E-state index contributed by atoms with van der Waals surface area (Å²) in [5.74, 6) is 0.256. The summed E-state index contributed by atoms with van der Waals surface area (Å²) in [4.78, 5) is 38.6. The molecule has 1 aromatic carbocycles. The third-order valence-electron chi connectivity index (χ3n) is 4.93. The number of hydrogen-bond donors (Lipinski definition) is 2. The van der Waals surface area contributed by atoms with Crippen LogP contribution in [-0.2, 0) is 9.59 Å². The average Bonchev–Trinajstić information content (AvgIpc) is 2.70. The molecular formula is C20H29N3O4. The van der Waals surface area contributed by atoms with E-state index in [1.54, 1.807) is 43.2 Å². The monoisotopic (exact) mass is 375 g/mol. The summed E-state index contributed by atoms with van der Waals surface area (Å²) in [7, 11) is 1.57. The van der Waals surface area contributed by atoms with E-state index < -0.39 is 6.04 Å². The van der Waals surface area contributed by atoms with E-state index in [1.807, 2.05) is 6.92 Å². The lowest BCUT2D eigenvalue weighted by Gasteiger charge is -2.35. The zero-order chi connectivity index (χ0) is 19.8. The van der Waals surface area contributed by atoms with Gasteiger partial charge in [-0.25, -0.2) is 0 Å². The quantitative estimate of drug-likeness (QED) is 0.757. The van der Waals surface area contributed by atoms with Gasteiger partial charge in [-0.15, -0.1) is 0 Å². The van der Waals surface area contributed by atoms with Crippen molar-refractivity contribution in [2.45, 2.75) is 39.2 Å². The fraction of sp³-hybridized carbons (Fsp3) is 0.550. The Hall–Kier alpha value is -2.57. The lowest BCUT2D eigenvalue weighted by atomic mass is 9.88. The normalized spacial score (nSPS) is 15.7. The molecule has 148 valence electrons. The van der Waals surface area contributed by atoms with Gasteiger partial charge in [0.1, 0.15) is 11.8 Å². The largest absolute Gasteiger partial charge is 0.497 e. The number of benzene rings is 1. The molecule has 1 heterocycles. The maximum Gasteiger partial charge on any atom is 0.251 e. The topological polar surface area (TPSA) is 87.7 Å². The van der Waals surface area contributed by atoms with Crippen molar-refractivity contribution in [3.63, 3.8) is 0 Å². The number of likely N-dealkylation sites (tertiary alicyclic amines) is 1. The Morgan fingerprint density at radius 2 is 1.81 bits per heavy atom. The molecule has 2 N–H and O–H groups in total. The molecule has 0 aliphatic carbocycles. The number of hydrogen-bond acceptors (Lipinski definition) is 4. The number of carbonyl (C=O) groups is 3. The van der Waals surface area contributed by atoms with Crippen LogP contribution >= 0.6 is 0 Å². The number of carbonyl (C=O) groups excluding carboxylic acids is 3. The highest BCUT2D eigenvalue weighted by molar-refractivity contribution is 5.97. The van der Waals surface area contributed by atoms with Crippen LogP contribution < -0.4 is 15.4 Å². The number of methoxy groups -OCH3 is 1. The van der Waals surface area contributed by atoms with Crippen LogP contribution in [0.25, 0.3) is 0 Å². The second-order valence-electron chi connectivity index (χ2n) is 6.81. The number of ether oxygens (including phenoxy) is 1. The average molecular weight is 375 g/mol. The van der Waals surface area contributed by atoms with Crippen LogP contribution in [0.4, 0.5) is 0 Å². The molecule has 27 heavy (non-hydrogen) atoms. The zero-order valence-electron chi connectivity index (χ0n) is 16.3. The fourth-order valence-electron chi connectivity index (χ4n) is 3.27. The van der Waals surface area contributed by atoms with Crippen molar-refractivity contribution in [1.82, 2.24) is 15.5 Å². The number of amides is 3. The minimum Gasteiger partial charge on any atom is -0.497 e. The van der Waals surface area contributed by atoms with Crippen LogP contribution in [0.15, 0.2) is 24.3 Å². The van der Waals surface area contributed by atoms with Gasteiger partial charge in [-0.1, -0.05) is 6.92 Å². The van der Waals surface area contributed by atoms with Crippen LogP contribution in [0.3, 0.4) is 0 Å². The van der Waals surface area contributed by atoms with E-state index in [4.69, 9.17) is 4.74 Å². The van der Waals surface area contributed by atoms with Gasteiger partial charge >= 0.3 is 0 Å². The first-order chi connectivity index (χ1) is 13.0. The molecule has 1 atom stereocenters. The predicted octanol–water partition coefficient (Wildman–Crippen LogP) is 1.58. The summed E-state index contributed by atoms with van der Waals surface area (Å²) in [6, 6.07) is 6.17. The lowest BCUT2D eigenvalue weighted by molar-refractivity contribution is -0.130. The molecule has 1 unspecified atom stereocenters. The van der Waals surface area contributed by atoms with Gasteiger partial charge in [0.05, 0.1) is 7.11 Å². The van der Waals surface area contributed by atoms with Crippen molar-refractivity contribution >= 4 is 17.7 Å². The summed E-state index contributed by atoms with van der Waals surface area (Å²) in [6.07, 6.45) is 2.20. The van der Waals surface area contributed by atoms with Crippen LogP contribution in [-0.4, -0.2) is 55.4 Å². The molecule has 1 aliphatic heterocycles. The van der Waals surface area contributed by atoms with E-state index >= 15 is 0 Å². The highest BCUT2D eigenvalue weighted by Gasteiger charge is 2.33. The fourth-order valence-corrected chi connectivity index (χ4v) is 3.27. The SMILES string of the molecule is CCCNC(=O)C(NC(=O)c1ccc(OC)cc1)C1CCN(C(C)=O)CC1. The van der Waals surface area contributed by atoms with E-state index in [2.05, 4.69) is 10.6 Å². The molecule has 1 aromatic rings. The smallest absolute Gasteiger partial charge is 0.251 e. The zero-order valence-corrected chi connectivity index (χ0v) is 16.3. The van der Waals surface area contributed by atoms with Gasteiger partial charge in [-0.05, 0) is 49.4 Å². The molecule has 7 nitrogen and oxygen atoms in total. The van der Waals surface area contributed by atoms with Gasteiger partial charge in [-0.3, -0.25) is 14.4 Å². The van der Waals surface area contributed by atoms with Gasteiger partial charge in [0.15, 0.2) is 0 Å². The first-order valence-electron chi connectivity index (χ1n) is 9.44. The van der Waals surface area contributed by atoms with E-state index in [1.165, 1.54) is 0 Å². The van der Waals surface area contributed by atoms with E-state index in [9.17, 15) is 14.4 Å². The highest BCUT2D eigenvalue weighted by Crippen LogP contribution is 2.22. The molecule has 0 spiro atoms. The Bertz CT molecular complexity index is 652. The van der Waals surface area contributed by atoms with E-state index in [0.29, 0.717) is 43.8 Å². The molecule has 1 aliphatic rings. The van der Waals surface area contributed by atoms with Crippen LogP contribution in [0.2, 0.25) is 0 Å². The van der Waals surface area contributed by atoms with E-state index in [0.717, 1.165) is 6.42 Å². The van der Waals surface area contributed by atoms with Crippen molar-refractivity contribution in [2.24, 2.45) is 5.92 Å². The Morgan fingerprint density at radius 3 is 2.33 bits per heavy atom. The van der Waals surface area contributed by atoms with Gasteiger partial charge in [0.25, 0.3) is 5.91 Å². The van der Waals surface area contributed by atoms with Crippen molar-refractivity contribution in [2.75, 3.05) is 26.7 Å². The van der Waals surface area contributed by atoms with Crippen molar-refractivity contribution < 1.29 is 19.1 Å². The van der Waals surface area contributed by atoms with Crippen LogP contribution in [0, 0.1) is 5.92 Å². The minimum absolute atomic E-state index is 0.000320. The molecule has 1 saturated heterocycles. The molecular weight excluding hydrogens is 346 g/mol. The number of rotatable bonds is 7. The van der Waals surface area contributed by atoms with E-state index in [-0.39, 0.29) is 23.6 Å². The highest BCUT2D eigenvalue weighted by atomic mass is 16.5. The Morgan fingerprint density at radius 1 is 1.19 bits per heavy atom. The van der Waals surface area contributed by atoms with Crippen LogP contribution in [0.1, 0.15) is 43.5 Å². The first-order valence-corrected chi connectivity index (χ1v) is 9.44. The summed E-state index contributed by atoms with van der Waals surface area (Å²) >= 11 is 0. The second-order valence-corrected chi connectivity index (χ2v) is 6.81. The molecule has 0 radical (unpaired) electrons. The van der Waals surface area contributed by atoms with Crippen molar-refractivity contribution in [3.05, 3.63) is 29.8 Å². The molecule has 3 amide bonds. The third kappa shape index (κ3) is 5.70. The molecule has 7 heteroatoms. The summed E-state index contributed by atoms with van der Waals surface area (Å²) < 4.78 is 5.11. The summed E-state index contributed by atoms with van der Waals surface area (Å²) in [6.45, 7) is 5.32. The number of nitrogens with one attached hydrogen (secondary N) is 2. The third-order valence-corrected chi connectivity index (χ3v) is 4.93. The molecule has 0 aromatic heterocycles. The Balaban J connectivity index is 2.08. The molecule has 0 saturated carbocycles. The summed E-state index contributed by atoms with van der Waals surface area (Å²) in [5, 5.41) is 5.78. The van der Waals surface area contributed by atoms with Crippen molar-refractivity contribution in [3.8, 4) is 5.75 Å². The molecule has 0 bridgehead atoms. The Kier molecular flexibility index (Phi) is 7.64. The lowest BCUT2D eigenvalue weighted by Crippen LogP contribution is -2.53. The first kappa shape index (κ1) is 20.7. The molecule has 2 rings (SSSR count). The standard InChI is InChI=1S/C20H29N3O4/c1-4-11-21-20(26)18(15-9-12-23(13-10-15)14(2)24)22-19(25)16-5-7-17(27-3)8-6-16/h5-8,15,18H,4,9-13H2,1-3H3,(H,21,26)(H,22,25). The number of nitrogens with zero attached hydrogens (tertiary/aromatic N) is 1. The number of piperidine rings is 1. The minimum atomic E-state index is -0.611. The Labute approximate surface area is 160 Å². The predicted molar refractivity (Wildman–Crippen MR) is 103 cm³/mol. The second kappa shape index (κ2) is 9.94.